The van der Waals surface area contributed by atoms with Crippen LogP contribution < -0.4 is 10.1 Å². The van der Waals surface area contributed by atoms with Gasteiger partial charge in [-0.3, -0.25) is 0 Å². The highest BCUT2D eigenvalue weighted by Gasteiger charge is 2.06. The van der Waals surface area contributed by atoms with Gasteiger partial charge in [-0.25, -0.2) is 4.98 Å². The van der Waals surface area contributed by atoms with E-state index in [-0.39, 0.29) is 0 Å². The van der Waals surface area contributed by atoms with Gasteiger partial charge in [0.15, 0.2) is 0 Å². The van der Waals surface area contributed by atoms with Crippen molar-refractivity contribution >= 4 is 11.6 Å². The van der Waals surface area contributed by atoms with Crippen LogP contribution in [0.2, 0.25) is 5.02 Å². The van der Waals surface area contributed by atoms with Crippen molar-refractivity contribution in [1.29, 1.82) is 0 Å². The van der Waals surface area contributed by atoms with E-state index in [1.807, 2.05) is 24.3 Å². The molecule has 0 atom stereocenters. The van der Waals surface area contributed by atoms with Gasteiger partial charge in [0.05, 0.1) is 6.61 Å². The molecule has 0 aliphatic rings. The average Bonchev–Trinajstić information content (AvgIpc) is 2.45. The number of aromatic nitrogens is 1. The number of nitrogens with one attached hydrogen (secondary N) is 1. The summed E-state index contributed by atoms with van der Waals surface area (Å²) in [4.78, 5) is 4.27. The van der Waals surface area contributed by atoms with E-state index in [1.165, 1.54) is 0 Å². The topological polar surface area (TPSA) is 43.4 Å². The van der Waals surface area contributed by atoms with Gasteiger partial charge in [0.25, 0.3) is 0 Å². The minimum atomic E-state index is 0.583. The van der Waals surface area contributed by atoms with Crippen LogP contribution in [0.4, 0.5) is 0 Å². The lowest BCUT2D eigenvalue weighted by molar-refractivity contribution is 0.199. The Morgan fingerprint density at radius 3 is 2.95 bits per heavy atom. The molecule has 0 aliphatic carbocycles. The van der Waals surface area contributed by atoms with E-state index in [0.29, 0.717) is 29.8 Å². The van der Waals surface area contributed by atoms with E-state index in [9.17, 15) is 0 Å². The molecule has 0 radical (unpaired) electrons. The molecule has 0 saturated carbocycles. The van der Waals surface area contributed by atoms with Crippen molar-refractivity contribution in [2.75, 3.05) is 20.3 Å². The Hall–Kier alpha value is -1.62. The van der Waals surface area contributed by atoms with Crippen molar-refractivity contribution in [3.63, 3.8) is 0 Å². The summed E-state index contributed by atoms with van der Waals surface area (Å²) in [7, 11) is 1.68. The third kappa shape index (κ3) is 4.49. The second-order valence-corrected chi connectivity index (χ2v) is 4.63. The van der Waals surface area contributed by atoms with Gasteiger partial charge in [-0.2, -0.15) is 0 Å². The predicted molar refractivity (Wildman–Crippen MR) is 79.3 cm³/mol. The molecule has 1 heterocycles. The van der Waals surface area contributed by atoms with Gasteiger partial charge >= 0.3 is 0 Å². The van der Waals surface area contributed by atoms with Gasteiger partial charge in [-0.1, -0.05) is 23.7 Å². The first-order chi connectivity index (χ1) is 9.79. The second kappa shape index (κ2) is 7.85. The van der Waals surface area contributed by atoms with E-state index in [1.54, 1.807) is 25.4 Å². The van der Waals surface area contributed by atoms with Crippen LogP contribution in [-0.2, 0) is 11.3 Å². The zero-order valence-corrected chi connectivity index (χ0v) is 12.1. The fraction of sp³-hybridized carbons (Fsp3) is 0.267. The standard InChI is InChI=1S/C15H17ClN2O2/c1-19-9-8-17-11-12-4-3-7-18-15(12)20-14-6-2-5-13(16)10-14/h2-7,10,17H,8-9,11H2,1H3. The molecule has 1 aromatic carbocycles. The lowest BCUT2D eigenvalue weighted by Crippen LogP contribution is -2.19. The molecule has 20 heavy (non-hydrogen) atoms. The zero-order valence-electron chi connectivity index (χ0n) is 11.3. The number of rotatable bonds is 7. The molecule has 1 N–H and O–H groups in total. The molecular weight excluding hydrogens is 276 g/mol. The predicted octanol–water partition coefficient (Wildman–Crippen LogP) is 3.26. The summed E-state index contributed by atoms with van der Waals surface area (Å²) in [5.74, 6) is 1.26. The summed E-state index contributed by atoms with van der Waals surface area (Å²) in [5.41, 5.74) is 0.989. The molecule has 0 fully saturated rings. The van der Waals surface area contributed by atoms with E-state index < -0.39 is 0 Å². The Morgan fingerprint density at radius 2 is 2.15 bits per heavy atom. The van der Waals surface area contributed by atoms with Crippen LogP contribution in [-0.4, -0.2) is 25.2 Å². The number of ether oxygens (including phenoxy) is 2. The van der Waals surface area contributed by atoms with Crippen molar-refractivity contribution in [2.24, 2.45) is 0 Å². The molecule has 0 bridgehead atoms. The lowest BCUT2D eigenvalue weighted by Gasteiger charge is -2.10. The fourth-order valence-electron chi connectivity index (χ4n) is 1.69. The number of pyridine rings is 1. The third-order valence-electron chi connectivity index (χ3n) is 2.66. The SMILES string of the molecule is COCCNCc1cccnc1Oc1cccc(Cl)c1. The van der Waals surface area contributed by atoms with E-state index in [0.717, 1.165) is 12.1 Å². The van der Waals surface area contributed by atoms with Crippen molar-refractivity contribution in [2.45, 2.75) is 6.54 Å². The summed E-state index contributed by atoms with van der Waals surface area (Å²) in [6.07, 6.45) is 1.71. The third-order valence-corrected chi connectivity index (χ3v) is 2.89. The number of hydrogen-bond donors (Lipinski definition) is 1. The van der Waals surface area contributed by atoms with Gasteiger partial charge < -0.3 is 14.8 Å². The van der Waals surface area contributed by atoms with E-state index in [2.05, 4.69) is 10.3 Å². The molecule has 0 amide bonds. The van der Waals surface area contributed by atoms with Crippen LogP contribution in [0.15, 0.2) is 42.6 Å². The number of nitrogens with zero attached hydrogens (tertiary/aromatic N) is 1. The summed E-state index contributed by atoms with van der Waals surface area (Å²) < 4.78 is 10.8. The van der Waals surface area contributed by atoms with Crippen LogP contribution in [0.3, 0.4) is 0 Å². The largest absolute Gasteiger partial charge is 0.439 e. The molecule has 0 saturated heterocycles. The monoisotopic (exact) mass is 292 g/mol. The molecule has 4 nitrogen and oxygen atoms in total. The van der Waals surface area contributed by atoms with Crippen LogP contribution in [0, 0.1) is 0 Å². The molecular formula is C15H17ClN2O2. The van der Waals surface area contributed by atoms with Gasteiger partial charge in [-0.15, -0.1) is 0 Å². The molecule has 0 unspecified atom stereocenters. The maximum absolute atomic E-state index is 5.94. The minimum Gasteiger partial charge on any atom is -0.439 e. The van der Waals surface area contributed by atoms with Gasteiger partial charge in [0.1, 0.15) is 5.75 Å². The van der Waals surface area contributed by atoms with Crippen molar-refractivity contribution in [3.05, 3.63) is 53.2 Å². The molecule has 2 aromatic rings. The Labute approximate surface area is 123 Å². The Kier molecular flexibility index (Phi) is 5.80. The Morgan fingerprint density at radius 1 is 1.25 bits per heavy atom. The summed E-state index contributed by atoms with van der Waals surface area (Å²) in [6.45, 7) is 2.12. The Bertz CT molecular complexity index is 549. The average molecular weight is 293 g/mol. The van der Waals surface area contributed by atoms with Crippen LogP contribution in [0.1, 0.15) is 5.56 Å². The number of hydrogen-bond acceptors (Lipinski definition) is 4. The van der Waals surface area contributed by atoms with Crippen LogP contribution >= 0.6 is 11.6 Å². The van der Waals surface area contributed by atoms with Crippen molar-refractivity contribution < 1.29 is 9.47 Å². The molecule has 0 aliphatic heterocycles. The maximum Gasteiger partial charge on any atom is 0.223 e. The molecule has 1 aromatic heterocycles. The van der Waals surface area contributed by atoms with Crippen molar-refractivity contribution in [3.8, 4) is 11.6 Å². The van der Waals surface area contributed by atoms with E-state index >= 15 is 0 Å². The quantitative estimate of drug-likeness (QED) is 0.796. The molecule has 106 valence electrons. The summed E-state index contributed by atoms with van der Waals surface area (Å²) >= 11 is 5.94. The van der Waals surface area contributed by atoms with Gasteiger partial charge in [-0.05, 0) is 24.3 Å². The Balaban J connectivity index is 2.03. The second-order valence-electron chi connectivity index (χ2n) is 4.20. The molecule has 0 spiro atoms. The van der Waals surface area contributed by atoms with Crippen molar-refractivity contribution in [1.82, 2.24) is 10.3 Å². The highest BCUT2D eigenvalue weighted by atomic mass is 35.5. The summed E-state index contributed by atoms with van der Waals surface area (Å²) in [6, 6.07) is 11.1. The first-order valence-electron chi connectivity index (χ1n) is 6.36. The fourth-order valence-corrected chi connectivity index (χ4v) is 1.87. The summed E-state index contributed by atoms with van der Waals surface area (Å²) in [5, 5.41) is 3.91. The van der Waals surface area contributed by atoms with Gasteiger partial charge in [0, 0.05) is 37.0 Å². The maximum atomic E-state index is 5.94. The van der Waals surface area contributed by atoms with Crippen LogP contribution in [0.25, 0.3) is 0 Å². The number of halogens is 1. The first kappa shape index (κ1) is 14.8. The number of benzene rings is 1. The highest BCUT2D eigenvalue weighted by molar-refractivity contribution is 6.30. The van der Waals surface area contributed by atoms with Crippen LogP contribution in [0.5, 0.6) is 11.6 Å². The molecule has 2 rings (SSSR count). The van der Waals surface area contributed by atoms with Gasteiger partial charge in [0.2, 0.25) is 5.88 Å². The first-order valence-corrected chi connectivity index (χ1v) is 6.74. The zero-order chi connectivity index (χ0) is 14.2. The normalized spacial score (nSPS) is 10.5. The number of methoxy groups -OCH3 is 1. The molecule has 5 heteroatoms. The lowest BCUT2D eigenvalue weighted by atomic mass is 10.2. The smallest absolute Gasteiger partial charge is 0.223 e. The highest BCUT2D eigenvalue weighted by Crippen LogP contribution is 2.25. The minimum absolute atomic E-state index is 0.583. The van der Waals surface area contributed by atoms with E-state index in [4.69, 9.17) is 21.1 Å².